The highest BCUT2D eigenvalue weighted by atomic mass is 19.1. The summed E-state index contributed by atoms with van der Waals surface area (Å²) in [6.45, 7) is 0.547. The van der Waals surface area contributed by atoms with E-state index < -0.39 is 16.4 Å². The lowest BCUT2D eigenvalue weighted by Crippen LogP contribution is -2.44. The van der Waals surface area contributed by atoms with Crippen molar-refractivity contribution < 1.29 is 19.2 Å². The van der Waals surface area contributed by atoms with Gasteiger partial charge < -0.3 is 10.0 Å². The Kier molecular flexibility index (Phi) is 4.85. The quantitative estimate of drug-likeness (QED) is 0.681. The summed E-state index contributed by atoms with van der Waals surface area (Å²) >= 11 is 0. The Hall–Kier alpha value is -2.02. The van der Waals surface area contributed by atoms with E-state index >= 15 is 0 Å². The summed E-state index contributed by atoms with van der Waals surface area (Å²) < 4.78 is 13.6. The number of amides is 1. The van der Waals surface area contributed by atoms with Gasteiger partial charge in [0.15, 0.2) is 0 Å². The van der Waals surface area contributed by atoms with Crippen molar-refractivity contribution in [2.24, 2.45) is 0 Å². The van der Waals surface area contributed by atoms with Crippen LogP contribution in [-0.4, -0.2) is 40.0 Å². The van der Waals surface area contributed by atoms with Gasteiger partial charge in [0, 0.05) is 30.8 Å². The van der Waals surface area contributed by atoms with Gasteiger partial charge in [0.1, 0.15) is 0 Å². The molecule has 1 amide bonds. The van der Waals surface area contributed by atoms with Gasteiger partial charge >= 0.3 is 5.69 Å². The number of halogens is 1. The van der Waals surface area contributed by atoms with Crippen molar-refractivity contribution in [3.05, 3.63) is 39.7 Å². The highest BCUT2D eigenvalue weighted by Gasteiger charge is 2.28. The lowest BCUT2D eigenvalue weighted by molar-refractivity contribution is -0.387. The number of rotatable bonds is 4. The van der Waals surface area contributed by atoms with Crippen LogP contribution in [0.5, 0.6) is 0 Å². The largest absolute Gasteiger partial charge is 0.396 e. The first-order valence-corrected chi connectivity index (χ1v) is 6.90. The molecule has 1 aliphatic heterocycles. The number of piperidine rings is 1. The van der Waals surface area contributed by atoms with Crippen molar-refractivity contribution in [2.75, 3.05) is 13.2 Å². The fraction of sp³-hybridized carbons (Fsp3) is 0.500. The minimum Gasteiger partial charge on any atom is -0.396 e. The molecule has 0 aromatic heterocycles. The molecule has 1 aromatic rings. The minimum atomic E-state index is -1.01. The van der Waals surface area contributed by atoms with Crippen LogP contribution in [0, 0.1) is 15.9 Å². The summed E-state index contributed by atoms with van der Waals surface area (Å²) in [4.78, 5) is 23.8. The maximum Gasteiger partial charge on any atom is 0.304 e. The average molecular weight is 296 g/mol. The third-order valence-electron chi connectivity index (χ3n) is 3.74. The van der Waals surface area contributed by atoms with E-state index in [-0.39, 0.29) is 24.1 Å². The Balaban J connectivity index is 2.22. The van der Waals surface area contributed by atoms with E-state index in [2.05, 4.69) is 0 Å². The number of nitro groups is 1. The van der Waals surface area contributed by atoms with Gasteiger partial charge in [-0.2, -0.15) is 4.39 Å². The summed E-state index contributed by atoms with van der Waals surface area (Å²) in [6.07, 6.45) is 3.15. The van der Waals surface area contributed by atoms with E-state index in [9.17, 15) is 19.3 Å². The number of carbonyl (C=O) groups excluding carboxylic acids is 1. The van der Waals surface area contributed by atoms with Gasteiger partial charge in [0.25, 0.3) is 5.91 Å². The van der Waals surface area contributed by atoms with Gasteiger partial charge in [-0.3, -0.25) is 14.9 Å². The van der Waals surface area contributed by atoms with E-state index in [1.54, 1.807) is 4.90 Å². The molecule has 114 valence electrons. The highest BCUT2D eigenvalue weighted by Crippen LogP contribution is 2.24. The van der Waals surface area contributed by atoms with Crippen molar-refractivity contribution >= 4 is 11.6 Å². The normalized spacial score (nSPS) is 18.6. The molecule has 1 heterocycles. The number of hydrogen-bond donors (Lipinski definition) is 1. The number of benzene rings is 1. The molecule has 6 nitrogen and oxygen atoms in total. The first-order chi connectivity index (χ1) is 10.0. The van der Waals surface area contributed by atoms with Crippen LogP contribution in [0.4, 0.5) is 10.1 Å². The third-order valence-corrected chi connectivity index (χ3v) is 3.74. The van der Waals surface area contributed by atoms with E-state index in [0.717, 1.165) is 31.4 Å². The number of aliphatic hydroxyl groups excluding tert-OH is 1. The second-order valence-corrected chi connectivity index (χ2v) is 5.08. The predicted molar refractivity (Wildman–Crippen MR) is 73.4 cm³/mol. The molecular weight excluding hydrogens is 279 g/mol. The zero-order chi connectivity index (χ0) is 15.4. The Bertz CT molecular complexity index is 548. The molecule has 1 fully saturated rings. The van der Waals surface area contributed by atoms with Crippen molar-refractivity contribution in [1.29, 1.82) is 0 Å². The first kappa shape index (κ1) is 15.4. The molecule has 1 unspecified atom stereocenters. The van der Waals surface area contributed by atoms with Crippen molar-refractivity contribution in [2.45, 2.75) is 31.7 Å². The molecule has 1 atom stereocenters. The summed E-state index contributed by atoms with van der Waals surface area (Å²) in [5.41, 5.74) is -0.542. The van der Waals surface area contributed by atoms with E-state index in [1.165, 1.54) is 6.07 Å². The molecule has 21 heavy (non-hydrogen) atoms. The molecule has 1 N–H and O–H groups in total. The molecule has 0 aliphatic carbocycles. The van der Waals surface area contributed by atoms with Gasteiger partial charge in [0.2, 0.25) is 5.82 Å². The third kappa shape index (κ3) is 3.36. The Morgan fingerprint density at radius 3 is 2.86 bits per heavy atom. The van der Waals surface area contributed by atoms with Crippen LogP contribution >= 0.6 is 0 Å². The molecule has 0 bridgehead atoms. The first-order valence-electron chi connectivity index (χ1n) is 6.90. The standard InChI is InChI=1S/C14H17FN2O4/c15-12-9-10(4-5-13(12)17(20)21)14(19)16-7-2-1-3-11(16)6-8-18/h4-5,9,11,18H,1-3,6-8H2. The van der Waals surface area contributed by atoms with Crippen LogP contribution < -0.4 is 0 Å². The number of hydrogen-bond acceptors (Lipinski definition) is 4. The molecule has 0 spiro atoms. The monoisotopic (exact) mass is 296 g/mol. The van der Waals surface area contributed by atoms with Gasteiger partial charge in [-0.15, -0.1) is 0 Å². The number of nitrogens with zero attached hydrogens (tertiary/aromatic N) is 2. The van der Waals surface area contributed by atoms with Crippen LogP contribution in [0.2, 0.25) is 0 Å². The molecule has 0 saturated carbocycles. The van der Waals surface area contributed by atoms with Gasteiger partial charge in [-0.25, -0.2) is 0 Å². The number of carbonyl (C=O) groups is 1. The maximum absolute atomic E-state index is 13.6. The van der Waals surface area contributed by atoms with Gasteiger partial charge in [-0.05, 0) is 37.8 Å². The van der Waals surface area contributed by atoms with Crippen LogP contribution in [0.3, 0.4) is 0 Å². The van der Waals surface area contributed by atoms with Gasteiger partial charge in [0.05, 0.1) is 4.92 Å². The maximum atomic E-state index is 13.6. The minimum absolute atomic E-state index is 0.0108. The molecule has 7 heteroatoms. The molecule has 1 aliphatic rings. The molecule has 1 saturated heterocycles. The van der Waals surface area contributed by atoms with Gasteiger partial charge in [-0.1, -0.05) is 0 Å². The second kappa shape index (κ2) is 6.62. The van der Waals surface area contributed by atoms with Crippen molar-refractivity contribution in [1.82, 2.24) is 4.90 Å². The average Bonchev–Trinajstić information content (AvgIpc) is 2.47. The zero-order valence-electron chi connectivity index (χ0n) is 11.5. The molecular formula is C14H17FN2O4. The van der Waals surface area contributed by atoms with Crippen molar-refractivity contribution in [3.63, 3.8) is 0 Å². The van der Waals surface area contributed by atoms with Crippen LogP contribution in [-0.2, 0) is 0 Å². The smallest absolute Gasteiger partial charge is 0.304 e. The summed E-state index contributed by atoms with van der Waals surface area (Å²) in [6, 6.07) is 3.13. The van der Waals surface area contributed by atoms with E-state index in [1.807, 2.05) is 0 Å². The SMILES string of the molecule is O=C(c1ccc([N+](=O)[O-])c(F)c1)N1CCCCC1CCO. The number of aliphatic hydroxyl groups is 1. The Morgan fingerprint density at radius 2 is 2.24 bits per heavy atom. The van der Waals surface area contributed by atoms with E-state index in [4.69, 9.17) is 5.11 Å². The Morgan fingerprint density at radius 1 is 1.48 bits per heavy atom. The number of likely N-dealkylation sites (tertiary alicyclic amines) is 1. The fourth-order valence-electron chi connectivity index (χ4n) is 2.67. The lowest BCUT2D eigenvalue weighted by Gasteiger charge is -2.35. The highest BCUT2D eigenvalue weighted by molar-refractivity contribution is 5.94. The van der Waals surface area contributed by atoms with Crippen LogP contribution in [0.15, 0.2) is 18.2 Å². The zero-order valence-corrected chi connectivity index (χ0v) is 11.5. The Labute approximate surface area is 121 Å². The van der Waals surface area contributed by atoms with Crippen LogP contribution in [0.1, 0.15) is 36.0 Å². The summed E-state index contributed by atoms with van der Waals surface area (Å²) in [5.74, 6) is -1.36. The molecule has 1 aromatic carbocycles. The summed E-state index contributed by atoms with van der Waals surface area (Å²) in [7, 11) is 0. The van der Waals surface area contributed by atoms with Crippen molar-refractivity contribution in [3.8, 4) is 0 Å². The molecule has 0 radical (unpaired) electrons. The topological polar surface area (TPSA) is 83.7 Å². The van der Waals surface area contributed by atoms with E-state index in [0.29, 0.717) is 13.0 Å². The summed E-state index contributed by atoms with van der Waals surface area (Å²) in [5, 5.41) is 19.6. The predicted octanol–water partition coefficient (Wildman–Crippen LogP) is 2.11. The second-order valence-electron chi connectivity index (χ2n) is 5.08. The number of nitro benzene ring substituents is 1. The van der Waals surface area contributed by atoms with Crippen LogP contribution in [0.25, 0.3) is 0 Å². The molecule has 2 rings (SSSR count). The fourth-order valence-corrected chi connectivity index (χ4v) is 2.67. The lowest BCUT2D eigenvalue weighted by atomic mass is 9.98.